The summed E-state index contributed by atoms with van der Waals surface area (Å²) in [6.07, 6.45) is 0. The van der Waals surface area contributed by atoms with Crippen molar-refractivity contribution in [1.82, 2.24) is 5.32 Å². The van der Waals surface area contributed by atoms with Crippen molar-refractivity contribution in [3.8, 4) is 6.07 Å². The molecule has 1 heterocycles. The standard InChI is InChI=1S/C12H15N3OS2/c1-6(2)10(16)14-12(17)15-11-9(5-13)7(3)8(4)18-11/h6H,1-4H3,(H2,14,15,16,17). The zero-order chi connectivity index (χ0) is 13.9. The van der Waals surface area contributed by atoms with E-state index in [-0.39, 0.29) is 16.9 Å². The number of nitrogens with zero attached hydrogens (tertiary/aromatic N) is 1. The van der Waals surface area contributed by atoms with Crippen molar-refractivity contribution in [3.05, 3.63) is 16.0 Å². The predicted octanol–water partition coefficient (Wildman–Crippen LogP) is 2.71. The van der Waals surface area contributed by atoms with E-state index < -0.39 is 0 Å². The van der Waals surface area contributed by atoms with Gasteiger partial charge in [-0.1, -0.05) is 13.8 Å². The largest absolute Gasteiger partial charge is 0.323 e. The quantitative estimate of drug-likeness (QED) is 0.818. The number of aryl methyl sites for hydroxylation is 1. The Hall–Kier alpha value is -1.45. The normalized spacial score (nSPS) is 10.0. The molecule has 0 atom stereocenters. The van der Waals surface area contributed by atoms with Gasteiger partial charge in [0, 0.05) is 10.8 Å². The number of thiophene rings is 1. The summed E-state index contributed by atoms with van der Waals surface area (Å²) in [6.45, 7) is 7.42. The lowest BCUT2D eigenvalue weighted by Crippen LogP contribution is -2.36. The number of anilines is 1. The van der Waals surface area contributed by atoms with Gasteiger partial charge in [0.2, 0.25) is 5.91 Å². The van der Waals surface area contributed by atoms with Gasteiger partial charge < -0.3 is 10.6 Å². The highest BCUT2D eigenvalue weighted by atomic mass is 32.1. The van der Waals surface area contributed by atoms with Crippen LogP contribution in [0.2, 0.25) is 0 Å². The number of rotatable bonds is 2. The summed E-state index contributed by atoms with van der Waals surface area (Å²) in [5, 5.41) is 15.5. The maximum absolute atomic E-state index is 11.5. The van der Waals surface area contributed by atoms with Crippen molar-refractivity contribution >= 4 is 39.6 Å². The van der Waals surface area contributed by atoms with E-state index in [1.165, 1.54) is 11.3 Å². The van der Waals surface area contributed by atoms with Crippen LogP contribution in [-0.2, 0) is 4.79 Å². The summed E-state index contributed by atoms with van der Waals surface area (Å²) in [4.78, 5) is 12.5. The second-order valence-electron chi connectivity index (χ2n) is 4.20. The molecule has 0 unspecified atom stereocenters. The average Bonchev–Trinajstić information content (AvgIpc) is 2.53. The molecule has 1 rings (SSSR count). The van der Waals surface area contributed by atoms with E-state index in [2.05, 4.69) is 16.7 Å². The summed E-state index contributed by atoms with van der Waals surface area (Å²) in [6, 6.07) is 2.14. The third-order valence-corrected chi connectivity index (χ3v) is 3.81. The Bertz CT molecular complexity index is 526. The van der Waals surface area contributed by atoms with Crippen LogP contribution < -0.4 is 10.6 Å². The molecule has 0 aliphatic heterocycles. The lowest BCUT2D eigenvalue weighted by molar-refractivity contribution is -0.122. The molecule has 4 nitrogen and oxygen atoms in total. The van der Waals surface area contributed by atoms with E-state index >= 15 is 0 Å². The third-order valence-electron chi connectivity index (χ3n) is 2.49. The number of thiocarbonyl (C=S) groups is 1. The van der Waals surface area contributed by atoms with Crippen molar-refractivity contribution in [3.63, 3.8) is 0 Å². The zero-order valence-corrected chi connectivity index (χ0v) is 12.4. The molecule has 0 saturated carbocycles. The molecule has 1 aromatic rings. The minimum Gasteiger partial charge on any atom is -0.323 e. The number of nitrogens with one attached hydrogen (secondary N) is 2. The molecule has 96 valence electrons. The van der Waals surface area contributed by atoms with Crippen LogP contribution in [-0.4, -0.2) is 11.0 Å². The molecule has 0 bridgehead atoms. The Kier molecular flexibility index (Phi) is 4.82. The fourth-order valence-corrected chi connectivity index (χ4v) is 2.52. The van der Waals surface area contributed by atoms with E-state index in [1.54, 1.807) is 13.8 Å². The highest BCUT2D eigenvalue weighted by Crippen LogP contribution is 2.31. The van der Waals surface area contributed by atoms with E-state index in [1.807, 2.05) is 13.8 Å². The second kappa shape index (κ2) is 5.94. The van der Waals surface area contributed by atoms with Gasteiger partial charge in [0.05, 0.1) is 5.56 Å². The molecule has 0 aliphatic carbocycles. The fraction of sp³-hybridized carbons (Fsp3) is 0.417. The third kappa shape index (κ3) is 3.28. The van der Waals surface area contributed by atoms with Crippen LogP contribution in [0.4, 0.5) is 5.00 Å². The molecule has 0 radical (unpaired) electrons. The van der Waals surface area contributed by atoms with Crippen LogP contribution in [0.1, 0.15) is 29.9 Å². The van der Waals surface area contributed by atoms with Crippen LogP contribution in [0.15, 0.2) is 0 Å². The summed E-state index contributed by atoms with van der Waals surface area (Å²) >= 11 is 6.50. The van der Waals surface area contributed by atoms with Crippen molar-refractivity contribution in [2.45, 2.75) is 27.7 Å². The molecule has 0 aliphatic rings. The topological polar surface area (TPSA) is 64.9 Å². The monoisotopic (exact) mass is 281 g/mol. The van der Waals surface area contributed by atoms with Gasteiger partial charge in [-0.25, -0.2) is 0 Å². The van der Waals surface area contributed by atoms with Gasteiger partial charge >= 0.3 is 0 Å². The van der Waals surface area contributed by atoms with Crippen molar-refractivity contribution in [1.29, 1.82) is 5.26 Å². The van der Waals surface area contributed by atoms with E-state index in [0.717, 1.165) is 10.4 Å². The summed E-state index contributed by atoms with van der Waals surface area (Å²) < 4.78 is 0. The summed E-state index contributed by atoms with van der Waals surface area (Å²) in [7, 11) is 0. The van der Waals surface area contributed by atoms with Gasteiger partial charge in [-0.2, -0.15) is 5.26 Å². The van der Waals surface area contributed by atoms with Crippen molar-refractivity contribution in [2.24, 2.45) is 5.92 Å². The number of amides is 1. The second-order valence-corrected chi connectivity index (χ2v) is 5.83. The molecule has 0 spiro atoms. The number of hydrogen-bond acceptors (Lipinski definition) is 4. The Morgan fingerprint density at radius 3 is 2.56 bits per heavy atom. The molecule has 2 N–H and O–H groups in total. The minimum absolute atomic E-state index is 0.132. The maximum atomic E-state index is 11.5. The van der Waals surface area contributed by atoms with Gasteiger partial charge in [-0.15, -0.1) is 11.3 Å². The highest BCUT2D eigenvalue weighted by Gasteiger charge is 2.14. The smallest absolute Gasteiger partial charge is 0.228 e. The molecule has 0 fully saturated rings. The zero-order valence-electron chi connectivity index (χ0n) is 10.7. The lowest BCUT2D eigenvalue weighted by atomic mass is 10.2. The first-order chi connectivity index (χ1) is 8.36. The van der Waals surface area contributed by atoms with Crippen molar-refractivity contribution < 1.29 is 4.79 Å². The van der Waals surface area contributed by atoms with Gasteiger partial charge in [0.1, 0.15) is 11.1 Å². The molecule has 18 heavy (non-hydrogen) atoms. The summed E-state index contributed by atoms with van der Waals surface area (Å²) in [5.41, 5.74) is 1.53. The van der Waals surface area contributed by atoms with Crippen LogP contribution in [0, 0.1) is 31.1 Å². The Balaban J connectivity index is 2.80. The van der Waals surface area contributed by atoms with E-state index in [0.29, 0.717) is 10.6 Å². The van der Waals surface area contributed by atoms with E-state index in [9.17, 15) is 4.79 Å². The Labute approximate surface area is 116 Å². The van der Waals surface area contributed by atoms with Crippen LogP contribution in [0.25, 0.3) is 0 Å². The summed E-state index contributed by atoms with van der Waals surface area (Å²) in [5.74, 6) is -0.275. The number of nitriles is 1. The van der Waals surface area contributed by atoms with Crippen LogP contribution in [0.5, 0.6) is 0 Å². The van der Waals surface area contributed by atoms with Gasteiger partial charge in [-0.05, 0) is 31.6 Å². The minimum atomic E-state index is -0.143. The molecule has 0 saturated heterocycles. The molecule has 1 amide bonds. The van der Waals surface area contributed by atoms with Gasteiger partial charge in [0.15, 0.2) is 5.11 Å². The average molecular weight is 281 g/mol. The number of hydrogen-bond donors (Lipinski definition) is 2. The van der Waals surface area contributed by atoms with Gasteiger partial charge in [-0.3, -0.25) is 4.79 Å². The number of carbonyl (C=O) groups excluding carboxylic acids is 1. The Morgan fingerprint density at radius 2 is 2.06 bits per heavy atom. The first kappa shape index (κ1) is 14.6. The molecule has 0 aromatic carbocycles. The molecular formula is C12H15N3OS2. The highest BCUT2D eigenvalue weighted by molar-refractivity contribution is 7.80. The molecular weight excluding hydrogens is 266 g/mol. The van der Waals surface area contributed by atoms with Gasteiger partial charge in [0.25, 0.3) is 0 Å². The first-order valence-electron chi connectivity index (χ1n) is 5.48. The fourth-order valence-electron chi connectivity index (χ4n) is 1.24. The van der Waals surface area contributed by atoms with E-state index in [4.69, 9.17) is 17.5 Å². The van der Waals surface area contributed by atoms with Crippen LogP contribution >= 0.6 is 23.6 Å². The SMILES string of the molecule is Cc1sc(NC(=S)NC(=O)C(C)C)c(C#N)c1C. The van der Waals surface area contributed by atoms with Crippen LogP contribution in [0.3, 0.4) is 0 Å². The molecule has 6 heteroatoms. The molecule has 1 aromatic heterocycles. The maximum Gasteiger partial charge on any atom is 0.228 e. The Morgan fingerprint density at radius 1 is 1.44 bits per heavy atom. The first-order valence-corrected chi connectivity index (χ1v) is 6.71. The number of carbonyl (C=O) groups is 1. The van der Waals surface area contributed by atoms with Crippen molar-refractivity contribution in [2.75, 3.05) is 5.32 Å². The predicted molar refractivity (Wildman–Crippen MR) is 77.7 cm³/mol. The lowest BCUT2D eigenvalue weighted by Gasteiger charge is -2.09.